The van der Waals surface area contributed by atoms with Crippen LogP contribution in [0.1, 0.15) is 6.92 Å². The number of methoxy groups -OCH3 is 1. The summed E-state index contributed by atoms with van der Waals surface area (Å²) >= 11 is 5.55. The molecule has 1 unspecified atom stereocenters. The fourth-order valence-electron chi connectivity index (χ4n) is 1.08. The van der Waals surface area contributed by atoms with E-state index >= 15 is 0 Å². The van der Waals surface area contributed by atoms with Crippen LogP contribution in [0.4, 0.5) is 0 Å². The van der Waals surface area contributed by atoms with E-state index in [-0.39, 0.29) is 5.88 Å². The number of carbonyl (C=O) groups excluding carboxylic acids is 1. The van der Waals surface area contributed by atoms with Crippen molar-refractivity contribution in [1.82, 2.24) is 4.90 Å². The van der Waals surface area contributed by atoms with Crippen LogP contribution in [0.15, 0.2) is 0 Å². The molecule has 0 aromatic carbocycles. The van der Waals surface area contributed by atoms with Crippen molar-refractivity contribution in [3.8, 4) is 0 Å². The Morgan fingerprint density at radius 3 is 2.38 bits per heavy atom. The normalized spacial score (nSPS) is 13.5. The minimum absolute atomic E-state index is 0.270. The van der Waals surface area contributed by atoms with Crippen LogP contribution in [0.3, 0.4) is 0 Å². The van der Waals surface area contributed by atoms with Gasteiger partial charge in [-0.05, 0) is 6.92 Å². The summed E-state index contributed by atoms with van der Waals surface area (Å²) in [5.74, 6) is -0.161. The first-order chi connectivity index (χ1) is 7.34. The van der Waals surface area contributed by atoms with E-state index in [1.807, 2.05) is 0 Å². The third-order valence-corrected chi connectivity index (χ3v) is 3.88. The van der Waals surface area contributed by atoms with E-state index in [0.717, 1.165) is 6.26 Å². The molecule has 0 spiro atoms. The average molecular weight is 272 g/mol. The molecule has 1 atom stereocenters. The van der Waals surface area contributed by atoms with Crippen LogP contribution >= 0.6 is 11.6 Å². The predicted octanol–water partition coefficient (Wildman–Crippen LogP) is 0.133. The van der Waals surface area contributed by atoms with Gasteiger partial charge in [-0.3, -0.25) is 4.79 Å². The van der Waals surface area contributed by atoms with Gasteiger partial charge in [-0.25, -0.2) is 8.42 Å². The highest BCUT2D eigenvalue weighted by atomic mass is 35.5. The largest absolute Gasteiger partial charge is 0.383 e. The lowest BCUT2D eigenvalue weighted by molar-refractivity contribution is -0.130. The van der Waals surface area contributed by atoms with Crippen molar-refractivity contribution in [3.63, 3.8) is 0 Å². The van der Waals surface area contributed by atoms with Gasteiger partial charge in [0.15, 0.2) is 9.84 Å². The molecule has 0 heterocycles. The standard InChI is InChI=1S/C9H18ClNO4S/c1-8(16(3,13)14)9(12)11(5-4-10)6-7-15-2/h8H,4-7H2,1-3H3. The van der Waals surface area contributed by atoms with Crippen LogP contribution in [0.2, 0.25) is 0 Å². The molecule has 0 aromatic rings. The number of amides is 1. The maximum Gasteiger partial charge on any atom is 0.240 e. The van der Waals surface area contributed by atoms with Gasteiger partial charge < -0.3 is 9.64 Å². The molecule has 16 heavy (non-hydrogen) atoms. The van der Waals surface area contributed by atoms with Crippen molar-refractivity contribution in [3.05, 3.63) is 0 Å². The molecule has 96 valence electrons. The molecular formula is C9H18ClNO4S. The van der Waals surface area contributed by atoms with Crippen LogP contribution in [0.5, 0.6) is 0 Å². The molecule has 0 radical (unpaired) electrons. The molecule has 0 N–H and O–H groups in total. The highest BCUT2D eigenvalue weighted by Gasteiger charge is 2.27. The minimum Gasteiger partial charge on any atom is -0.383 e. The Kier molecular flexibility index (Phi) is 6.94. The Labute approximate surface area is 102 Å². The Morgan fingerprint density at radius 1 is 1.44 bits per heavy atom. The highest BCUT2D eigenvalue weighted by Crippen LogP contribution is 2.04. The van der Waals surface area contributed by atoms with Gasteiger partial charge in [0, 0.05) is 32.3 Å². The molecule has 0 aromatic heterocycles. The molecule has 0 saturated heterocycles. The van der Waals surface area contributed by atoms with E-state index in [0.29, 0.717) is 19.7 Å². The van der Waals surface area contributed by atoms with E-state index in [4.69, 9.17) is 16.3 Å². The molecule has 0 rings (SSSR count). The number of nitrogens with zero attached hydrogens (tertiary/aromatic N) is 1. The van der Waals surface area contributed by atoms with Crippen LogP contribution in [-0.4, -0.2) is 63.4 Å². The first-order valence-corrected chi connectivity index (χ1v) is 7.36. The van der Waals surface area contributed by atoms with Gasteiger partial charge in [0.05, 0.1) is 6.61 Å². The van der Waals surface area contributed by atoms with E-state index in [2.05, 4.69) is 0 Å². The Balaban J connectivity index is 4.60. The summed E-state index contributed by atoms with van der Waals surface area (Å²) in [5, 5.41) is -1.03. The number of hydrogen-bond donors (Lipinski definition) is 0. The zero-order valence-electron chi connectivity index (χ0n) is 9.77. The SMILES string of the molecule is COCCN(CCCl)C(=O)C(C)S(C)(=O)=O. The number of alkyl halides is 1. The van der Waals surface area contributed by atoms with E-state index in [9.17, 15) is 13.2 Å². The zero-order valence-corrected chi connectivity index (χ0v) is 11.3. The summed E-state index contributed by atoms with van der Waals surface area (Å²) in [6, 6.07) is 0. The van der Waals surface area contributed by atoms with Crippen LogP contribution in [0, 0.1) is 0 Å². The number of halogens is 1. The average Bonchev–Trinajstić information content (AvgIpc) is 2.20. The lowest BCUT2D eigenvalue weighted by Gasteiger charge is -2.23. The molecule has 0 fully saturated rings. The fourth-order valence-corrected chi connectivity index (χ4v) is 1.80. The molecule has 0 aliphatic rings. The van der Waals surface area contributed by atoms with Crippen LogP contribution in [0.25, 0.3) is 0 Å². The second-order valence-corrected chi connectivity index (χ2v) is 6.22. The second kappa shape index (κ2) is 7.09. The van der Waals surface area contributed by atoms with Crippen molar-refractivity contribution in [2.24, 2.45) is 0 Å². The number of rotatable bonds is 7. The molecule has 0 aliphatic carbocycles. The summed E-state index contributed by atoms with van der Waals surface area (Å²) in [5.41, 5.74) is 0. The second-order valence-electron chi connectivity index (χ2n) is 3.48. The van der Waals surface area contributed by atoms with Crippen molar-refractivity contribution < 1.29 is 17.9 Å². The lowest BCUT2D eigenvalue weighted by atomic mass is 10.3. The lowest BCUT2D eigenvalue weighted by Crippen LogP contribution is -2.43. The van der Waals surface area contributed by atoms with E-state index in [1.54, 1.807) is 0 Å². The van der Waals surface area contributed by atoms with Crippen LogP contribution in [-0.2, 0) is 19.4 Å². The minimum atomic E-state index is -3.37. The monoisotopic (exact) mass is 271 g/mol. The first kappa shape index (κ1) is 15.7. The smallest absolute Gasteiger partial charge is 0.240 e. The van der Waals surface area contributed by atoms with Crippen molar-refractivity contribution in [2.45, 2.75) is 12.2 Å². The van der Waals surface area contributed by atoms with E-state index < -0.39 is 21.0 Å². The van der Waals surface area contributed by atoms with Gasteiger partial charge in [0.2, 0.25) is 5.91 Å². The third-order valence-electron chi connectivity index (χ3n) is 2.22. The number of sulfone groups is 1. The Hall–Kier alpha value is -0.330. The summed E-state index contributed by atoms with van der Waals surface area (Å²) in [4.78, 5) is 13.2. The molecule has 0 bridgehead atoms. The van der Waals surface area contributed by atoms with Gasteiger partial charge in [-0.2, -0.15) is 0 Å². The van der Waals surface area contributed by atoms with Gasteiger partial charge in [0.25, 0.3) is 0 Å². The summed E-state index contributed by atoms with van der Waals surface area (Å²) in [7, 11) is -1.85. The summed E-state index contributed by atoms with van der Waals surface area (Å²) in [6.45, 7) is 2.41. The van der Waals surface area contributed by atoms with E-state index in [1.165, 1.54) is 18.9 Å². The molecule has 7 heteroatoms. The first-order valence-electron chi connectivity index (χ1n) is 4.87. The van der Waals surface area contributed by atoms with Gasteiger partial charge in [-0.1, -0.05) is 0 Å². The predicted molar refractivity (Wildman–Crippen MR) is 63.5 cm³/mol. The summed E-state index contributed by atoms with van der Waals surface area (Å²) in [6.07, 6.45) is 1.05. The maximum absolute atomic E-state index is 11.8. The molecular weight excluding hydrogens is 254 g/mol. The van der Waals surface area contributed by atoms with Gasteiger partial charge in [-0.15, -0.1) is 11.6 Å². The third kappa shape index (κ3) is 5.14. The number of ether oxygens (including phenoxy) is 1. The van der Waals surface area contributed by atoms with Crippen molar-refractivity contribution in [1.29, 1.82) is 0 Å². The fraction of sp³-hybridized carbons (Fsp3) is 0.889. The van der Waals surface area contributed by atoms with Gasteiger partial charge >= 0.3 is 0 Å². The molecule has 0 aliphatic heterocycles. The quantitative estimate of drug-likeness (QED) is 0.618. The van der Waals surface area contributed by atoms with Gasteiger partial charge in [0.1, 0.15) is 5.25 Å². The van der Waals surface area contributed by atoms with Crippen LogP contribution < -0.4 is 0 Å². The molecule has 1 amide bonds. The summed E-state index contributed by atoms with van der Waals surface area (Å²) < 4.78 is 27.3. The maximum atomic E-state index is 11.8. The Bertz CT molecular complexity index is 317. The molecule has 0 saturated carbocycles. The van der Waals surface area contributed by atoms with Crippen molar-refractivity contribution in [2.75, 3.05) is 38.9 Å². The zero-order chi connectivity index (χ0) is 12.8. The van der Waals surface area contributed by atoms with Crippen molar-refractivity contribution >= 4 is 27.3 Å². The Morgan fingerprint density at radius 2 is 2.00 bits per heavy atom. The highest BCUT2D eigenvalue weighted by molar-refractivity contribution is 7.92. The topological polar surface area (TPSA) is 63.7 Å². The number of hydrogen-bond acceptors (Lipinski definition) is 4. The molecule has 5 nitrogen and oxygen atoms in total. The number of carbonyl (C=O) groups is 1.